The molecule has 4 aromatic rings. The van der Waals surface area contributed by atoms with Crippen LogP contribution in [0.1, 0.15) is 23.0 Å². The van der Waals surface area contributed by atoms with Crippen molar-refractivity contribution >= 4 is 33.8 Å². The molecule has 1 aromatic carbocycles. The zero-order chi connectivity index (χ0) is 24.1. The summed E-state index contributed by atoms with van der Waals surface area (Å²) in [5, 5.41) is 8.49. The molecule has 0 bridgehead atoms. The number of piperazine rings is 1. The number of aromatic nitrogens is 4. The number of benzene rings is 1. The molecule has 0 aliphatic carbocycles. The number of carbonyl (C=O) groups excluding carboxylic acids is 1. The first-order chi connectivity index (χ1) is 17.0. The summed E-state index contributed by atoms with van der Waals surface area (Å²) in [6.45, 7) is 9.81. The van der Waals surface area contributed by atoms with Gasteiger partial charge in [-0.05, 0) is 26.0 Å². The number of halogens is 1. The van der Waals surface area contributed by atoms with Crippen molar-refractivity contribution in [3.63, 3.8) is 0 Å². The number of hydrogen-bond acceptors (Lipinski definition) is 6. The molecule has 182 valence electrons. The van der Waals surface area contributed by atoms with Gasteiger partial charge in [-0.1, -0.05) is 0 Å². The molecule has 10 heteroatoms. The highest BCUT2D eigenvalue weighted by Crippen LogP contribution is 2.31. The smallest absolute Gasteiger partial charge is 0.257 e. The van der Waals surface area contributed by atoms with Crippen molar-refractivity contribution in [1.29, 1.82) is 0 Å². The number of nitrogens with zero attached hydrogens (tertiary/aromatic N) is 6. The molecule has 5 heterocycles. The van der Waals surface area contributed by atoms with E-state index in [1.165, 1.54) is 6.07 Å². The van der Waals surface area contributed by atoms with Crippen molar-refractivity contribution in [1.82, 2.24) is 24.1 Å². The summed E-state index contributed by atoms with van der Waals surface area (Å²) in [4.78, 5) is 22.3. The Kier molecular flexibility index (Phi) is 5.42. The average Bonchev–Trinajstić information content (AvgIpc) is 3.46. The highest BCUT2D eigenvalue weighted by molar-refractivity contribution is 6.13. The average molecular weight is 478 g/mol. The Morgan fingerprint density at radius 3 is 2.97 bits per heavy atom. The lowest BCUT2D eigenvalue weighted by Crippen LogP contribution is -2.58. The molecule has 1 amide bonds. The van der Waals surface area contributed by atoms with Crippen LogP contribution >= 0.6 is 0 Å². The predicted octanol–water partition coefficient (Wildman–Crippen LogP) is 2.92. The Morgan fingerprint density at radius 1 is 1.23 bits per heavy atom. The monoisotopic (exact) mass is 477 g/mol. The van der Waals surface area contributed by atoms with E-state index in [0.29, 0.717) is 35.0 Å². The van der Waals surface area contributed by atoms with Gasteiger partial charge in [-0.3, -0.25) is 14.4 Å². The molecule has 0 saturated carbocycles. The van der Waals surface area contributed by atoms with Gasteiger partial charge in [0, 0.05) is 68.5 Å². The summed E-state index contributed by atoms with van der Waals surface area (Å²) >= 11 is 0. The highest BCUT2D eigenvalue weighted by Gasteiger charge is 2.31. The van der Waals surface area contributed by atoms with E-state index < -0.39 is 5.82 Å². The van der Waals surface area contributed by atoms with Crippen molar-refractivity contribution in [3.05, 3.63) is 53.9 Å². The van der Waals surface area contributed by atoms with Gasteiger partial charge in [-0.2, -0.15) is 5.10 Å². The number of amides is 1. The van der Waals surface area contributed by atoms with Gasteiger partial charge in [0.05, 0.1) is 36.2 Å². The van der Waals surface area contributed by atoms with Crippen LogP contribution in [0.2, 0.25) is 0 Å². The molecule has 1 N–H and O–H groups in total. The maximum Gasteiger partial charge on any atom is 0.257 e. The maximum atomic E-state index is 14.5. The summed E-state index contributed by atoms with van der Waals surface area (Å²) in [7, 11) is 0. The molecule has 2 fully saturated rings. The lowest BCUT2D eigenvalue weighted by molar-refractivity contribution is -0.0116. The third kappa shape index (κ3) is 3.92. The predicted molar refractivity (Wildman–Crippen MR) is 132 cm³/mol. The van der Waals surface area contributed by atoms with Crippen LogP contribution in [0, 0.1) is 12.7 Å². The summed E-state index contributed by atoms with van der Waals surface area (Å²) in [5.41, 5.74) is 3.47. The van der Waals surface area contributed by atoms with Gasteiger partial charge >= 0.3 is 0 Å². The number of fused-ring (bicyclic) bond motifs is 3. The van der Waals surface area contributed by atoms with Crippen LogP contribution in [-0.2, 0) is 11.3 Å². The number of pyridine rings is 1. The molecule has 2 saturated heterocycles. The molecule has 9 nitrogen and oxygen atoms in total. The van der Waals surface area contributed by atoms with E-state index in [2.05, 4.69) is 20.1 Å². The molecule has 6 rings (SSSR count). The van der Waals surface area contributed by atoms with Crippen LogP contribution in [-0.4, -0.2) is 75.4 Å². The van der Waals surface area contributed by atoms with Crippen LogP contribution in [0.25, 0.3) is 16.6 Å². The molecular formula is C25H28FN7O2. The Labute approximate surface area is 202 Å². The first-order valence-corrected chi connectivity index (χ1v) is 12.0. The van der Waals surface area contributed by atoms with Gasteiger partial charge in [0.1, 0.15) is 5.52 Å². The zero-order valence-electron chi connectivity index (χ0n) is 19.9. The number of imidazole rings is 1. The van der Waals surface area contributed by atoms with Crippen LogP contribution < -0.4 is 10.2 Å². The second kappa shape index (κ2) is 8.62. The standard InChI is InChI=1S/C25H28FN7O2/c1-3-33-14-20-22(31-7-6-30-8-9-35-15-18(30)13-31)5-4-19(23(20)29-33)25(34)28-17-10-21(26)24-27-16(2)11-32(24)12-17/h4-5,10-12,14,18H,3,6-9,13,15H2,1-2H3,(H,28,34)/t18-/m0/s1. The fraction of sp³-hybridized carbons (Fsp3) is 0.400. The van der Waals surface area contributed by atoms with E-state index in [1.54, 1.807) is 23.7 Å². The summed E-state index contributed by atoms with van der Waals surface area (Å²) in [5.74, 6) is -0.818. The fourth-order valence-corrected chi connectivity index (χ4v) is 5.17. The minimum absolute atomic E-state index is 0.234. The summed E-state index contributed by atoms with van der Waals surface area (Å²) < 4.78 is 23.7. The number of anilines is 2. The molecule has 0 radical (unpaired) electrons. The molecule has 0 unspecified atom stereocenters. The molecule has 1 atom stereocenters. The van der Waals surface area contributed by atoms with Crippen molar-refractivity contribution in [2.24, 2.45) is 0 Å². The SMILES string of the molecule is CCn1cc2c(N3CCN4CCOC[C@@H]4C3)ccc(C(=O)Nc3cc(F)c4nc(C)cn4c3)c2n1. The Morgan fingerprint density at radius 2 is 2.11 bits per heavy atom. The van der Waals surface area contributed by atoms with Gasteiger partial charge in [-0.15, -0.1) is 0 Å². The number of nitrogens with one attached hydrogen (secondary N) is 1. The summed E-state index contributed by atoms with van der Waals surface area (Å²) in [6.07, 6.45) is 5.39. The summed E-state index contributed by atoms with van der Waals surface area (Å²) in [6, 6.07) is 5.48. The van der Waals surface area contributed by atoms with Crippen molar-refractivity contribution in [2.75, 3.05) is 49.6 Å². The van der Waals surface area contributed by atoms with Crippen LogP contribution in [0.3, 0.4) is 0 Å². The molecular weight excluding hydrogens is 449 g/mol. The van der Waals surface area contributed by atoms with E-state index in [0.717, 1.165) is 50.5 Å². The molecule has 2 aliphatic rings. The molecule has 35 heavy (non-hydrogen) atoms. The van der Waals surface area contributed by atoms with Crippen molar-refractivity contribution < 1.29 is 13.9 Å². The van der Waals surface area contributed by atoms with E-state index in [9.17, 15) is 9.18 Å². The molecule has 3 aromatic heterocycles. The van der Waals surface area contributed by atoms with Gasteiger partial charge in [0.25, 0.3) is 5.91 Å². The Hall–Kier alpha value is -3.50. The van der Waals surface area contributed by atoms with Gasteiger partial charge in [-0.25, -0.2) is 9.37 Å². The zero-order valence-corrected chi connectivity index (χ0v) is 19.9. The van der Waals surface area contributed by atoms with E-state index in [-0.39, 0.29) is 11.6 Å². The second-order valence-electron chi connectivity index (χ2n) is 9.23. The van der Waals surface area contributed by atoms with E-state index in [1.807, 2.05) is 29.9 Å². The maximum absolute atomic E-state index is 14.5. The lowest BCUT2D eigenvalue weighted by Gasteiger charge is -2.44. The molecule has 2 aliphatic heterocycles. The Balaban J connectivity index is 1.33. The number of hydrogen-bond donors (Lipinski definition) is 1. The van der Waals surface area contributed by atoms with Gasteiger partial charge in [0.15, 0.2) is 11.5 Å². The number of aryl methyl sites for hydroxylation is 2. The first-order valence-electron chi connectivity index (χ1n) is 12.0. The number of rotatable bonds is 4. The third-order valence-corrected chi connectivity index (χ3v) is 6.93. The van der Waals surface area contributed by atoms with E-state index in [4.69, 9.17) is 9.84 Å². The van der Waals surface area contributed by atoms with Crippen LogP contribution in [0.15, 0.2) is 36.8 Å². The third-order valence-electron chi connectivity index (χ3n) is 6.93. The first kappa shape index (κ1) is 22.0. The van der Waals surface area contributed by atoms with Crippen molar-refractivity contribution in [3.8, 4) is 0 Å². The number of carbonyl (C=O) groups is 1. The largest absolute Gasteiger partial charge is 0.378 e. The van der Waals surface area contributed by atoms with Gasteiger partial charge < -0.3 is 19.4 Å². The molecule has 0 spiro atoms. The normalized spacial score (nSPS) is 18.8. The lowest BCUT2D eigenvalue weighted by atomic mass is 10.1. The second-order valence-corrected chi connectivity index (χ2v) is 9.23. The van der Waals surface area contributed by atoms with Crippen LogP contribution in [0.4, 0.5) is 15.8 Å². The minimum atomic E-state index is -0.488. The number of ether oxygens (including phenoxy) is 1. The quantitative estimate of drug-likeness (QED) is 0.487. The van der Waals surface area contributed by atoms with E-state index >= 15 is 0 Å². The topological polar surface area (TPSA) is 79.9 Å². The fourth-order valence-electron chi connectivity index (χ4n) is 5.17. The van der Waals surface area contributed by atoms with Gasteiger partial charge in [0.2, 0.25) is 0 Å². The van der Waals surface area contributed by atoms with Crippen LogP contribution in [0.5, 0.6) is 0 Å². The minimum Gasteiger partial charge on any atom is -0.378 e. The Bertz CT molecular complexity index is 1430. The highest BCUT2D eigenvalue weighted by atomic mass is 19.1. The number of morpholine rings is 1. The van der Waals surface area contributed by atoms with Crippen molar-refractivity contribution in [2.45, 2.75) is 26.4 Å².